The molecule has 0 aromatic heterocycles. The second kappa shape index (κ2) is 8.06. The number of benzene rings is 5. The van der Waals surface area contributed by atoms with E-state index in [1.165, 1.54) is 24.3 Å². The lowest BCUT2D eigenvalue weighted by molar-refractivity contribution is 0.133. The van der Waals surface area contributed by atoms with Gasteiger partial charge in [0.1, 0.15) is 0 Å². The lowest BCUT2D eigenvalue weighted by Crippen LogP contribution is -2.10. The highest BCUT2D eigenvalue weighted by Crippen LogP contribution is 2.50. The fraction of sp³-hybridized carbons (Fsp3) is 0. The molecule has 0 heterocycles. The lowest BCUT2D eigenvalue weighted by atomic mass is 9.89. The van der Waals surface area contributed by atoms with E-state index in [4.69, 9.17) is 18.9 Å². The quantitative estimate of drug-likeness (QED) is 0.0998. The minimum atomic E-state index is -1.70. The van der Waals surface area contributed by atoms with Gasteiger partial charge in [-0.3, -0.25) is 0 Å². The van der Waals surface area contributed by atoms with E-state index < -0.39 is 24.6 Å². The van der Waals surface area contributed by atoms with Crippen LogP contribution < -0.4 is 18.9 Å². The maximum atomic E-state index is 11.4. The maximum Gasteiger partial charge on any atom is 0.511 e. The normalized spacial score (nSPS) is 11.1. The first-order valence-electron chi connectivity index (χ1n) is 9.99. The van der Waals surface area contributed by atoms with Crippen molar-refractivity contribution >= 4 is 67.7 Å². The maximum absolute atomic E-state index is 11.4. The van der Waals surface area contributed by atoms with Crippen LogP contribution in [-0.2, 0) is 0 Å². The Morgan fingerprint density at radius 1 is 0.472 bits per heavy atom. The van der Waals surface area contributed by atoms with Gasteiger partial charge in [0, 0.05) is 21.5 Å². The van der Waals surface area contributed by atoms with Crippen LogP contribution in [0, 0.1) is 0 Å². The summed E-state index contributed by atoms with van der Waals surface area (Å²) in [5.41, 5.74) is 0. The summed E-state index contributed by atoms with van der Waals surface area (Å²) in [4.78, 5) is 45.4. The number of fused-ring (bicyclic) bond motifs is 2. The molecule has 5 aromatic rings. The van der Waals surface area contributed by atoms with E-state index >= 15 is 0 Å². The van der Waals surface area contributed by atoms with Crippen LogP contribution in [0.4, 0.5) is 19.2 Å². The second-order valence-corrected chi connectivity index (χ2v) is 7.43. The molecule has 0 fully saturated rings. The molecule has 5 rings (SSSR count). The van der Waals surface area contributed by atoms with Gasteiger partial charge in [0.05, 0.1) is 0 Å². The van der Waals surface area contributed by atoms with Crippen LogP contribution in [0.15, 0.2) is 48.5 Å². The highest BCUT2D eigenvalue weighted by Gasteiger charge is 2.25. The van der Waals surface area contributed by atoms with E-state index in [0.717, 1.165) is 0 Å². The van der Waals surface area contributed by atoms with Crippen molar-refractivity contribution in [3.8, 4) is 23.0 Å². The van der Waals surface area contributed by atoms with Crippen LogP contribution in [0.5, 0.6) is 23.0 Å². The predicted octanol–water partition coefficient (Wildman–Crippen LogP) is 5.96. The molecule has 0 bridgehead atoms. The van der Waals surface area contributed by atoms with Crippen molar-refractivity contribution in [1.82, 2.24) is 0 Å². The van der Waals surface area contributed by atoms with Crippen LogP contribution in [0.1, 0.15) is 0 Å². The molecule has 0 radical (unpaired) electrons. The Morgan fingerprint density at radius 3 is 1.14 bits per heavy atom. The Kier molecular flexibility index (Phi) is 4.99. The van der Waals surface area contributed by atoms with Crippen molar-refractivity contribution in [3.63, 3.8) is 0 Å². The van der Waals surface area contributed by atoms with Gasteiger partial charge in [0.2, 0.25) is 0 Å². The lowest BCUT2D eigenvalue weighted by Gasteiger charge is -2.19. The van der Waals surface area contributed by atoms with E-state index in [1.54, 1.807) is 24.3 Å². The molecular formula is C24H12O12. The zero-order chi connectivity index (χ0) is 25.7. The number of ether oxygens (including phenoxy) is 4. The molecule has 0 spiro atoms. The van der Waals surface area contributed by atoms with E-state index in [9.17, 15) is 39.6 Å². The van der Waals surface area contributed by atoms with Crippen LogP contribution in [0.2, 0.25) is 0 Å². The minimum absolute atomic E-state index is 0.206. The number of rotatable bonds is 4. The fourth-order valence-electron chi connectivity index (χ4n) is 4.47. The van der Waals surface area contributed by atoms with Gasteiger partial charge in [-0.05, 0) is 33.7 Å². The molecule has 0 amide bonds. The van der Waals surface area contributed by atoms with Crippen molar-refractivity contribution in [2.45, 2.75) is 0 Å². The molecule has 0 saturated heterocycles. The zero-order valence-corrected chi connectivity index (χ0v) is 17.7. The first-order chi connectivity index (χ1) is 17.2. The van der Waals surface area contributed by atoms with Crippen molar-refractivity contribution in [2.24, 2.45) is 0 Å². The van der Waals surface area contributed by atoms with E-state index in [2.05, 4.69) is 0 Å². The largest absolute Gasteiger partial charge is 0.511 e. The number of hydrogen-bond acceptors (Lipinski definition) is 8. The van der Waals surface area contributed by atoms with Gasteiger partial charge in [0.15, 0.2) is 23.0 Å². The van der Waals surface area contributed by atoms with E-state index in [-0.39, 0.29) is 33.8 Å². The topological polar surface area (TPSA) is 186 Å². The first kappa shape index (κ1) is 22.3. The van der Waals surface area contributed by atoms with Crippen molar-refractivity contribution in [1.29, 1.82) is 0 Å². The summed E-state index contributed by atoms with van der Waals surface area (Å²) in [5, 5.41) is 40.1. The van der Waals surface area contributed by atoms with Crippen LogP contribution in [-0.4, -0.2) is 45.0 Å². The number of carboxylic acid groups (broad SMARTS) is 4. The van der Waals surface area contributed by atoms with Gasteiger partial charge >= 0.3 is 24.6 Å². The summed E-state index contributed by atoms with van der Waals surface area (Å²) in [5.74, 6) is -1.46. The van der Waals surface area contributed by atoms with Crippen molar-refractivity contribution in [2.75, 3.05) is 0 Å². The minimum Gasteiger partial charge on any atom is -0.449 e. The second-order valence-electron chi connectivity index (χ2n) is 7.43. The summed E-state index contributed by atoms with van der Waals surface area (Å²) < 4.78 is 19.4. The molecule has 12 nitrogen and oxygen atoms in total. The third-order valence-corrected chi connectivity index (χ3v) is 5.51. The molecule has 0 aliphatic rings. The first-order valence-corrected chi connectivity index (χ1v) is 9.99. The molecule has 5 aromatic carbocycles. The van der Waals surface area contributed by atoms with Crippen LogP contribution in [0.3, 0.4) is 0 Å². The van der Waals surface area contributed by atoms with Gasteiger partial charge < -0.3 is 39.4 Å². The standard InChI is InChI=1S/C24H12O12/c25-21(26)33-15-8-14-10-4-2-6-12-18(10)13(7-16(34-22(27)28)20(12)36-24(31)32)9-3-1-5-11(17(9)14)19(15)35-23(29)30/h1-8H,(H,25,26)(H,27,28)(H,29,30)(H,31,32). The zero-order valence-electron chi connectivity index (χ0n) is 17.7. The third-order valence-electron chi connectivity index (χ3n) is 5.51. The van der Waals surface area contributed by atoms with Gasteiger partial charge in [0.25, 0.3) is 0 Å². The molecular weight excluding hydrogens is 480 g/mol. The number of carbonyl (C=O) groups is 4. The van der Waals surface area contributed by atoms with Gasteiger partial charge in [-0.1, -0.05) is 36.4 Å². The molecule has 0 atom stereocenters. The Hall–Kier alpha value is -5.52. The Labute approximate surface area is 198 Å². The van der Waals surface area contributed by atoms with Gasteiger partial charge in [-0.15, -0.1) is 0 Å². The Morgan fingerprint density at radius 2 is 0.806 bits per heavy atom. The monoisotopic (exact) mass is 492 g/mol. The average Bonchev–Trinajstić information content (AvgIpc) is 2.79. The SMILES string of the molecule is O=C(O)Oc1cc2c3cccc4c(OC(=O)O)c(OC(=O)O)cc(c5cccc(c1OC(=O)O)c52)c43. The van der Waals surface area contributed by atoms with Gasteiger partial charge in [-0.2, -0.15) is 0 Å². The molecule has 12 heteroatoms. The molecule has 36 heavy (non-hydrogen) atoms. The molecule has 180 valence electrons. The summed E-state index contributed by atoms with van der Waals surface area (Å²) in [6.45, 7) is 0. The molecule has 0 aliphatic heterocycles. The van der Waals surface area contributed by atoms with E-state index in [0.29, 0.717) is 32.3 Å². The molecule has 4 N–H and O–H groups in total. The van der Waals surface area contributed by atoms with Crippen LogP contribution in [0.25, 0.3) is 43.1 Å². The molecule has 0 unspecified atom stereocenters. The summed E-state index contributed by atoms with van der Waals surface area (Å²) in [7, 11) is 0. The molecule has 0 saturated carbocycles. The Balaban J connectivity index is 2.02. The van der Waals surface area contributed by atoms with Crippen LogP contribution >= 0.6 is 0 Å². The summed E-state index contributed by atoms with van der Waals surface area (Å²) >= 11 is 0. The fourth-order valence-corrected chi connectivity index (χ4v) is 4.47. The highest BCUT2D eigenvalue weighted by molar-refractivity contribution is 6.35. The summed E-state index contributed by atoms with van der Waals surface area (Å²) in [6.07, 6.45) is -6.79. The smallest absolute Gasteiger partial charge is 0.449 e. The van der Waals surface area contributed by atoms with Crippen molar-refractivity contribution in [3.05, 3.63) is 48.5 Å². The number of hydrogen-bond donors (Lipinski definition) is 4. The predicted molar refractivity (Wildman–Crippen MR) is 122 cm³/mol. The van der Waals surface area contributed by atoms with E-state index in [1.807, 2.05) is 0 Å². The average molecular weight is 492 g/mol. The Bertz CT molecular complexity index is 1620. The van der Waals surface area contributed by atoms with Crippen molar-refractivity contribution < 1.29 is 58.6 Å². The highest BCUT2D eigenvalue weighted by atomic mass is 16.7. The van der Waals surface area contributed by atoms with Gasteiger partial charge in [-0.25, -0.2) is 19.2 Å². The summed E-state index contributed by atoms with van der Waals surface area (Å²) in [6, 6.07) is 12.1. The third kappa shape index (κ3) is 3.49. The molecule has 0 aliphatic carbocycles.